The van der Waals surface area contributed by atoms with Gasteiger partial charge in [-0.2, -0.15) is 0 Å². The predicted octanol–water partition coefficient (Wildman–Crippen LogP) is 0.813. The molecule has 0 bridgehead atoms. The number of aryl methyl sites for hydroxylation is 1. The largest absolute Gasteiger partial charge is 0.379 e. The van der Waals surface area contributed by atoms with E-state index in [4.69, 9.17) is 10.1 Å². The van der Waals surface area contributed by atoms with Crippen molar-refractivity contribution in [3.8, 4) is 5.95 Å². The summed E-state index contributed by atoms with van der Waals surface area (Å²) in [6.45, 7) is 8.36. The quantitative estimate of drug-likeness (QED) is 0.651. The lowest BCUT2D eigenvalue weighted by atomic mass is 9.96. The van der Waals surface area contributed by atoms with Crippen molar-refractivity contribution < 1.29 is 9.53 Å². The first-order valence-corrected chi connectivity index (χ1v) is 9.59. The first-order chi connectivity index (χ1) is 13.6. The van der Waals surface area contributed by atoms with Crippen LogP contribution in [0.4, 0.5) is 0 Å². The third-order valence-corrected chi connectivity index (χ3v) is 4.76. The fourth-order valence-electron chi connectivity index (χ4n) is 3.17. The van der Waals surface area contributed by atoms with Gasteiger partial charge >= 0.3 is 0 Å². The Hall–Kier alpha value is -2.65. The van der Waals surface area contributed by atoms with E-state index < -0.39 is 5.92 Å². The molecule has 9 heteroatoms. The van der Waals surface area contributed by atoms with E-state index in [1.807, 2.05) is 13.8 Å². The number of hydrogen-bond donors (Lipinski definition) is 2. The number of hydrogen-bond acceptors (Lipinski definition) is 7. The van der Waals surface area contributed by atoms with Gasteiger partial charge in [-0.3, -0.25) is 14.3 Å². The smallest absolute Gasteiger partial charge is 0.235 e. The highest BCUT2D eigenvalue weighted by atomic mass is 16.5. The van der Waals surface area contributed by atoms with Crippen LogP contribution in [-0.4, -0.2) is 75.4 Å². The van der Waals surface area contributed by atoms with Gasteiger partial charge in [-0.15, -0.1) is 0 Å². The summed E-state index contributed by atoms with van der Waals surface area (Å²) in [6, 6.07) is 1.74. The molecular formula is C19H27N7O2. The topological polar surface area (TPSA) is 109 Å². The van der Waals surface area contributed by atoms with Gasteiger partial charge in [-0.1, -0.05) is 6.92 Å². The first kappa shape index (κ1) is 20.1. The van der Waals surface area contributed by atoms with Crippen molar-refractivity contribution in [3.63, 3.8) is 0 Å². The molecule has 1 saturated heterocycles. The molecule has 0 spiro atoms. The maximum atomic E-state index is 12.7. The van der Waals surface area contributed by atoms with Gasteiger partial charge < -0.3 is 15.5 Å². The fraction of sp³-hybridized carbons (Fsp3) is 0.526. The van der Waals surface area contributed by atoms with Gasteiger partial charge in [-0.05, 0) is 19.4 Å². The number of ether oxygens (including phenoxy) is 1. The molecule has 2 aromatic heterocycles. The Kier molecular flexibility index (Phi) is 6.83. The number of aromatic nitrogens is 4. The molecule has 0 aliphatic carbocycles. The maximum Gasteiger partial charge on any atom is 0.235 e. The molecule has 1 atom stereocenters. The molecule has 1 fully saturated rings. The summed E-state index contributed by atoms with van der Waals surface area (Å²) in [7, 11) is 0. The number of rotatable bonds is 8. The Morgan fingerprint density at radius 3 is 2.82 bits per heavy atom. The second-order valence-electron chi connectivity index (χ2n) is 6.78. The molecule has 28 heavy (non-hydrogen) atoms. The molecular weight excluding hydrogens is 358 g/mol. The molecule has 3 rings (SSSR count). The third-order valence-electron chi connectivity index (χ3n) is 4.76. The van der Waals surface area contributed by atoms with E-state index in [1.165, 1.54) is 0 Å². The summed E-state index contributed by atoms with van der Waals surface area (Å²) in [5.74, 6) is -0.240. The van der Waals surface area contributed by atoms with Crippen molar-refractivity contribution in [3.05, 3.63) is 36.2 Å². The van der Waals surface area contributed by atoms with Crippen molar-refractivity contribution in [2.45, 2.75) is 20.3 Å². The van der Waals surface area contributed by atoms with Gasteiger partial charge in [0.25, 0.3) is 0 Å². The van der Waals surface area contributed by atoms with Crippen LogP contribution in [0.5, 0.6) is 0 Å². The van der Waals surface area contributed by atoms with Gasteiger partial charge in [0.2, 0.25) is 11.9 Å². The summed E-state index contributed by atoms with van der Waals surface area (Å²) in [5.41, 5.74) is 1.41. The van der Waals surface area contributed by atoms with Crippen LogP contribution in [0.25, 0.3) is 5.95 Å². The second kappa shape index (κ2) is 9.52. The minimum atomic E-state index is -0.547. The monoisotopic (exact) mass is 385 g/mol. The highest BCUT2D eigenvalue weighted by molar-refractivity contribution is 6.10. The molecule has 3 heterocycles. The van der Waals surface area contributed by atoms with Crippen LogP contribution in [0.3, 0.4) is 0 Å². The van der Waals surface area contributed by atoms with Gasteiger partial charge in [-0.25, -0.2) is 15.0 Å². The van der Waals surface area contributed by atoms with Crippen molar-refractivity contribution in [2.24, 2.45) is 5.92 Å². The van der Waals surface area contributed by atoms with Gasteiger partial charge in [0.05, 0.1) is 30.5 Å². The first-order valence-electron chi connectivity index (χ1n) is 9.59. The van der Waals surface area contributed by atoms with Crippen LogP contribution in [0.15, 0.2) is 24.8 Å². The summed E-state index contributed by atoms with van der Waals surface area (Å²) >= 11 is 0. The molecule has 9 nitrogen and oxygen atoms in total. The highest BCUT2D eigenvalue weighted by Gasteiger charge is 2.24. The average molecular weight is 385 g/mol. The molecule has 150 valence electrons. The lowest BCUT2D eigenvalue weighted by molar-refractivity contribution is -0.123. The summed E-state index contributed by atoms with van der Waals surface area (Å²) in [4.78, 5) is 27.8. The van der Waals surface area contributed by atoms with Crippen LogP contribution in [0, 0.1) is 18.3 Å². The number of carbonyl (C=O) groups excluding carboxylic acids is 1. The fourth-order valence-corrected chi connectivity index (χ4v) is 3.17. The van der Waals surface area contributed by atoms with Crippen molar-refractivity contribution in [2.75, 3.05) is 39.4 Å². The number of nitrogens with one attached hydrogen (secondary N) is 2. The Morgan fingerprint density at radius 2 is 2.14 bits per heavy atom. The van der Waals surface area contributed by atoms with E-state index in [2.05, 4.69) is 25.2 Å². The number of nitrogens with zero attached hydrogens (tertiary/aromatic N) is 5. The van der Waals surface area contributed by atoms with Gasteiger partial charge in [0.1, 0.15) is 6.33 Å². The Labute approximate surface area is 164 Å². The van der Waals surface area contributed by atoms with Crippen molar-refractivity contribution in [1.82, 2.24) is 29.7 Å². The maximum absolute atomic E-state index is 12.7. The van der Waals surface area contributed by atoms with Gasteiger partial charge in [0, 0.05) is 44.3 Å². The molecule has 0 radical (unpaired) electrons. The predicted molar refractivity (Wildman–Crippen MR) is 105 cm³/mol. The molecule has 0 saturated carbocycles. The van der Waals surface area contributed by atoms with Crippen molar-refractivity contribution in [1.29, 1.82) is 5.41 Å². The minimum absolute atomic E-state index is 0.138. The molecule has 1 unspecified atom stereocenters. The van der Waals surface area contributed by atoms with Crippen molar-refractivity contribution >= 4 is 11.6 Å². The number of amides is 1. The molecule has 1 amide bonds. The summed E-state index contributed by atoms with van der Waals surface area (Å²) in [5, 5.41) is 11.5. The normalized spacial score (nSPS) is 15.9. The lowest BCUT2D eigenvalue weighted by Gasteiger charge is -2.26. The van der Waals surface area contributed by atoms with Crippen LogP contribution in [0.1, 0.15) is 24.7 Å². The summed E-state index contributed by atoms with van der Waals surface area (Å²) in [6.07, 6.45) is 5.54. The molecule has 1 aliphatic heterocycles. The highest BCUT2D eigenvalue weighted by Crippen LogP contribution is 2.14. The summed E-state index contributed by atoms with van der Waals surface area (Å²) < 4.78 is 7.02. The minimum Gasteiger partial charge on any atom is -0.379 e. The third kappa shape index (κ3) is 4.99. The van der Waals surface area contributed by atoms with E-state index in [0.29, 0.717) is 24.6 Å². The zero-order chi connectivity index (χ0) is 19.9. The second-order valence-corrected chi connectivity index (χ2v) is 6.78. The lowest BCUT2D eigenvalue weighted by Crippen LogP contribution is -2.43. The molecule has 1 aliphatic rings. The van der Waals surface area contributed by atoms with E-state index in [-0.39, 0.29) is 11.6 Å². The molecule has 0 aromatic carbocycles. The van der Waals surface area contributed by atoms with E-state index in [1.54, 1.807) is 29.4 Å². The molecule has 2 N–H and O–H groups in total. The van der Waals surface area contributed by atoms with E-state index in [9.17, 15) is 4.79 Å². The number of carbonyl (C=O) groups is 1. The Bertz CT molecular complexity index is 801. The van der Waals surface area contributed by atoms with Crippen LogP contribution < -0.4 is 5.32 Å². The number of imidazole rings is 1. The molecule has 2 aromatic rings. The zero-order valence-corrected chi connectivity index (χ0v) is 16.4. The van der Waals surface area contributed by atoms with E-state index >= 15 is 0 Å². The number of morpholine rings is 1. The zero-order valence-electron chi connectivity index (χ0n) is 16.4. The van der Waals surface area contributed by atoms with E-state index in [0.717, 1.165) is 38.5 Å². The van der Waals surface area contributed by atoms with Crippen LogP contribution in [0.2, 0.25) is 0 Å². The SMILES string of the molecule is CCC(C(=N)c1cc(C)nc(-n2ccnc2)n1)C(=O)NCCN1CCOCC1. The van der Waals surface area contributed by atoms with Gasteiger partial charge in [0.15, 0.2) is 0 Å². The average Bonchev–Trinajstić information content (AvgIpc) is 3.24. The Balaban J connectivity index is 1.64. The standard InChI is InChI=1S/C19H27N7O2/c1-3-15(18(27)22-5-6-25-8-10-28-11-9-25)17(20)16-12-14(2)23-19(24-16)26-7-4-21-13-26/h4,7,12-13,15,20H,3,5-6,8-11H2,1-2H3,(H,22,27). The Morgan fingerprint density at radius 1 is 1.36 bits per heavy atom. The van der Waals surface area contributed by atoms with Crippen LogP contribution >= 0.6 is 0 Å². The van der Waals surface area contributed by atoms with Crippen LogP contribution in [-0.2, 0) is 9.53 Å².